The van der Waals surface area contributed by atoms with E-state index in [-0.39, 0.29) is 5.60 Å². The van der Waals surface area contributed by atoms with E-state index in [2.05, 4.69) is 44.5 Å². The van der Waals surface area contributed by atoms with Crippen LogP contribution in [0.15, 0.2) is 0 Å². The van der Waals surface area contributed by atoms with Gasteiger partial charge in [0.1, 0.15) is 0 Å². The third-order valence-corrected chi connectivity index (χ3v) is 2.92. The molecule has 0 aromatic carbocycles. The van der Waals surface area contributed by atoms with Gasteiger partial charge in [0.15, 0.2) is 0 Å². The van der Waals surface area contributed by atoms with Crippen LogP contribution in [0.4, 0.5) is 0 Å². The van der Waals surface area contributed by atoms with E-state index < -0.39 is 0 Å². The van der Waals surface area contributed by atoms with E-state index in [1.165, 1.54) is 26.2 Å². The third kappa shape index (κ3) is 4.96. The summed E-state index contributed by atoms with van der Waals surface area (Å²) in [5, 5.41) is 0. The molecule has 90 valence electrons. The van der Waals surface area contributed by atoms with Gasteiger partial charge >= 0.3 is 0 Å². The monoisotopic (exact) mass is 214 g/mol. The van der Waals surface area contributed by atoms with E-state index in [0.717, 1.165) is 6.61 Å². The molecule has 0 N–H and O–H groups in total. The molecule has 3 nitrogen and oxygen atoms in total. The number of likely N-dealkylation sites (N-methyl/N-ethyl adjacent to an activating group) is 1. The molecule has 0 aromatic heterocycles. The molecule has 15 heavy (non-hydrogen) atoms. The van der Waals surface area contributed by atoms with Crippen molar-refractivity contribution in [1.29, 1.82) is 0 Å². The lowest BCUT2D eigenvalue weighted by Crippen LogP contribution is -2.49. The van der Waals surface area contributed by atoms with Crippen LogP contribution in [0, 0.1) is 0 Å². The fourth-order valence-corrected chi connectivity index (χ4v) is 1.74. The average molecular weight is 214 g/mol. The van der Waals surface area contributed by atoms with Crippen LogP contribution >= 0.6 is 0 Å². The van der Waals surface area contributed by atoms with Crippen molar-refractivity contribution >= 4 is 0 Å². The lowest BCUT2D eigenvalue weighted by molar-refractivity contribution is -0.0373. The number of ether oxygens (including phenoxy) is 1. The first-order valence-corrected chi connectivity index (χ1v) is 5.95. The summed E-state index contributed by atoms with van der Waals surface area (Å²) in [6, 6.07) is 0.540. The second-order valence-corrected chi connectivity index (χ2v) is 5.61. The van der Waals surface area contributed by atoms with Gasteiger partial charge in [0.25, 0.3) is 0 Å². The molecule has 0 amide bonds. The second kappa shape index (κ2) is 5.28. The molecule has 0 spiro atoms. The van der Waals surface area contributed by atoms with Crippen molar-refractivity contribution in [3.63, 3.8) is 0 Å². The van der Waals surface area contributed by atoms with E-state index in [4.69, 9.17) is 4.74 Å². The number of piperazine rings is 1. The summed E-state index contributed by atoms with van der Waals surface area (Å²) < 4.78 is 5.82. The fourth-order valence-electron chi connectivity index (χ4n) is 1.74. The maximum absolute atomic E-state index is 5.82. The SMILES string of the molecule is C[C@@H](COC(C)(C)C)N1CCN(C)CC1. The Morgan fingerprint density at radius 3 is 2.13 bits per heavy atom. The minimum atomic E-state index is -0.0131. The van der Waals surface area contributed by atoms with Crippen molar-refractivity contribution in [3.8, 4) is 0 Å². The Labute approximate surface area is 94.4 Å². The molecule has 1 atom stereocenters. The van der Waals surface area contributed by atoms with Crippen LogP contribution in [0.25, 0.3) is 0 Å². The Hall–Kier alpha value is -0.120. The largest absolute Gasteiger partial charge is 0.374 e. The van der Waals surface area contributed by atoms with Crippen molar-refractivity contribution in [2.45, 2.75) is 39.3 Å². The number of nitrogens with zero attached hydrogens (tertiary/aromatic N) is 2. The normalized spacial score (nSPS) is 23.0. The smallest absolute Gasteiger partial charge is 0.0626 e. The molecule has 0 unspecified atom stereocenters. The molecule has 1 saturated heterocycles. The van der Waals surface area contributed by atoms with Gasteiger partial charge in [0.05, 0.1) is 12.2 Å². The van der Waals surface area contributed by atoms with Gasteiger partial charge < -0.3 is 9.64 Å². The lowest BCUT2D eigenvalue weighted by Gasteiger charge is -2.37. The van der Waals surface area contributed by atoms with E-state index in [9.17, 15) is 0 Å². The molecular weight excluding hydrogens is 188 g/mol. The van der Waals surface area contributed by atoms with Gasteiger partial charge in [-0.25, -0.2) is 0 Å². The standard InChI is InChI=1S/C12H26N2O/c1-11(10-15-12(2,3)4)14-8-6-13(5)7-9-14/h11H,6-10H2,1-5H3/t11-/m0/s1. The highest BCUT2D eigenvalue weighted by molar-refractivity contribution is 4.75. The van der Waals surface area contributed by atoms with Crippen LogP contribution in [-0.4, -0.2) is 61.3 Å². The summed E-state index contributed by atoms with van der Waals surface area (Å²) in [5.74, 6) is 0. The first-order chi connectivity index (χ1) is 6.88. The Balaban J connectivity index is 2.25. The topological polar surface area (TPSA) is 15.7 Å². The summed E-state index contributed by atoms with van der Waals surface area (Å²) in [6.45, 7) is 14.2. The van der Waals surface area contributed by atoms with Crippen LogP contribution in [0.1, 0.15) is 27.7 Å². The molecule has 3 heteroatoms. The third-order valence-electron chi connectivity index (χ3n) is 2.92. The minimum Gasteiger partial charge on any atom is -0.374 e. The van der Waals surface area contributed by atoms with Gasteiger partial charge in [-0.2, -0.15) is 0 Å². The van der Waals surface area contributed by atoms with Gasteiger partial charge in [-0.15, -0.1) is 0 Å². The molecular formula is C12H26N2O. The molecule has 1 rings (SSSR count). The van der Waals surface area contributed by atoms with Gasteiger partial charge in [-0.3, -0.25) is 4.90 Å². The molecule has 0 aromatic rings. The summed E-state index contributed by atoms with van der Waals surface area (Å²) in [5.41, 5.74) is -0.0131. The number of rotatable bonds is 3. The fraction of sp³-hybridized carbons (Fsp3) is 1.00. The first-order valence-electron chi connectivity index (χ1n) is 5.95. The predicted molar refractivity (Wildman–Crippen MR) is 64.2 cm³/mol. The van der Waals surface area contributed by atoms with Crippen molar-refractivity contribution in [3.05, 3.63) is 0 Å². The zero-order valence-electron chi connectivity index (χ0n) is 10.9. The molecule has 1 aliphatic heterocycles. The number of hydrogen-bond donors (Lipinski definition) is 0. The quantitative estimate of drug-likeness (QED) is 0.707. The van der Waals surface area contributed by atoms with Crippen LogP contribution in [0.3, 0.4) is 0 Å². The van der Waals surface area contributed by atoms with Crippen molar-refractivity contribution in [1.82, 2.24) is 9.80 Å². The molecule has 1 fully saturated rings. The Morgan fingerprint density at radius 2 is 1.67 bits per heavy atom. The van der Waals surface area contributed by atoms with Gasteiger partial charge in [0.2, 0.25) is 0 Å². The maximum atomic E-state index is 5.82. The summed E-state index contributed by atoms with van der Waals surface area (Å²) in [4.78, 5) is 4.90. The molecule has 0 bridgehead atoms. The van der Waals surface area contributed by atoms with Gasteiger partial charge in [-0.1, -0.05) is 0 Å². The van der Waals surface area contributed by atoms with Gasteiger partial charge in [-0.05, 0) is 34.7 Å². The van der Waals surface area contributed by atoms with Crippen LogP contribution in [-0.2, 0) is 4.74 Å². The zero-order chi connectivity index (χ0) is 11.5. The first kappa shape index (κ1) is 12.9. The van der Waals surface area contributed by atoms with E-state index in [0.29, 0.717) is 6.04 Å². The Bertz CT molecular complexity index is 181. The highest BCUT2D eigenvalue weighted by atomic mass is 16.5. The predicted octanol–water partition coefficient (Wildman–Crippen LogP) is 1.44. The summed E-state index contributed by atoms with van der Waals surface area (Å²) in [7, 11) is 2.19. The van der Waals surface area contributed by atoms with Crippen molar-refractivity contribution in [2.75, 3.05) is 39.8 Å². The Kier molecular flexibility index (Phi) is 4.56. The molecule has 0 radical (unpaired) electrons. The molecule has 1 aliphatic rings. The minimum absolute atomic E-state index is 0.0131. The highest BCUT2D eigenvalue weighted by Gasteiger charge is 2.20. The molecule has 0 aliphatic carbocycles. The van der Waals surface area contributed by atoms with E-state index in [1.807, 2.05) is 0 Å². The van der Waals surface area contributed by atoms with Crippen LogP contribution < -0.4 is 0 Å². The van der Waals surface area contributed by atoms with E-state index in [1.54, 1.807) is 0 Å². The summed E-state index contributed by atoms with van der Waals surface area (Å²) in [6.07, 6.45) is 0. The Morgan fingerprint density at radius 1 is 1.13 bits per heavy atom. The maximum Gasteiger partial charge on any atom is 0.0626 e. The second-order valence-electron chi connectivity index (χ2n) is 5.61. The van der Waals surface area contributed by atoms with Crippen LogP contribution in [0.5, 0.6) is 0 Å². The highest BCUT2D eigenvalue weighted by Crippen LogP contribution is 2.11. The van der Waals surface area contributed by atoms with Crippen molar-refractivity contribution < 1.29 is 4.74 Å². The molecule has 1 heterocycles. The lowest BCUT2D eigenvalue weighted by atomic mass is 10.2. The average Bonchev–Trinajstić information content (AvgIpc) is 2.14. The van der Waals surface area contributed by atoms with Crippen LogP contribution in [0.2, 0.25) is 0 Å². The summed E-state index contributed by atoms with van der Waals surface area (Å²) >= 11 is 0. The molecule has 0 saturated carbocycles. The van der Waals surface area contributed by atoms with Gasteiger partial charge in [0, 0.05) is 32.2 Å². The van der Waals surface area contributed by atoms with Crippen molar-refractivity contribution in [2.24, 2.45) is 0 Å². The zero-order valence-corrected chi connectivity index (χ0v) is 10.9. The van der Waals surface area contributed by atoms with E-state index >= 15 is 0 Å². The number of hydrogen-bond acceptors (Lipinski definition) is 3.